The minimum Gasteiger partial charge on any atom is -0.487 e. The summed E-state index contributed by atoms with van der Waals surface area (Å²) >= 11 is 0. The fourth-order valence-corrected chi connectivity index (χ4v) is 1.75. The van der Waals surface area contributed by atoms with E-state index in [0.717, 1.165) is 17.8 Å². The van der Waals surface area contributed by atoms with Crippen LogP contribution < -0.4 is 4.74 Å². The summed E-state index contributed by atoms with van der Waals surface area (Å²) in [4.78, 5) is 0. The summed E-state index contributed by atoms with van der Waals surface area (Å²) < 4.78 is 33.9. The smallest absolute Gasteiger partial charge is 0.190 e. The Balaban J connectivity index is 2.02. The van der Waals surface area contributed by atoms with Gasteiger partial charge in [-0.15, -0.1) is 0 Å². The summed E-state index contributed by atoms with van der Waals surface area (Å²) in [6.07, 6.45) is 2.14. The molecule has 0 unspecified atom stereocenters. The molecule has 0 atom stereocenters. The van der Waals surface area contributed by atoms with E-state index in [1.165, 1.54) is 0 Å². The number of benzene rings is 1. The molecule has 1 aromatic heterocycles. The van der Waals surface area contributed by atoms with E-state index in [2.05, 4.69) is 5.10 Å². The lowest BCUT2D eigenvalue weighted by Crippen LogP contribution is -2.08. The van der Waals surface area contributed by atoms with Gasteiger partial charge in [0.2, 0.25) is 0 Å². The first-order valence-electron chi connectivity index (χ1n) is 5.80. The summed E-state index contributed by atoms with van der Waals surface area (Å²) in [5.74, 6) is -2.04. The van der Waals surface area contributed by atoms with E-state index in [-0.39, 0.29) is 12.2 Å². The molecule has 2 aromatic rings. The molecule has 19 heavy (non-hydrogen) atoms. The third kappa shape index (κ3) is 3.08. The topological polar surface area (TPSA) is 47.3 Å². The van der Waals surface area contributed by atoms with Gasteiger partial charge in [0.15, 0.2) is 17.4 Å². The zero-order valence-corrected chi connectivity index (χ0v) is 10.4. The van der Waals surface area contributed by atoms with E-state index in [1.54, 1.807) is 17.9 Å². The van der Waals surface area contributed by atoms with E-state index in [0.29, 0.717) is 6.42 Å². The van der Waals surface area contributed by atoms with Crippen molar-refractivity contribution >= 4 is 0 Å². The Hall–Kier alpha value is -1.95. The molecule has 102 valence electrons. The van der Waals surface area contributed by atoms with Gasteiger partial charge in [-0.3, -0.25) is 4.68 Å². The number of halogens is 2. The van der Waals surface area contributed by atoms with E-state index < -0.39 is 24.0 Å². The van der Waals surface area contributed by atoms with Gasteiger partial charge in [-0.2, -0.15) is 5.10 Å². The lowest BCUT2D eigenvalue weighted by atomic mass is 10.2. The summed E-state index contributed by atoms with van der Waals surface area (Å²) in [6.45, 7) is -0.269. The number of aryl methyl sites for hydroxylation is 1. The van der Waals surface area contributed by atoms with Crippen molar-refractivity contribution < 1.29 is 18.6 Å². The SMILES string of the molecule is Cn1nccc1CCOc1c(F)cc(CO)cc1F. The lowest BCUT2D eigenvalue weighted by molar-refractivity contribution is 0.272. The fraction of sp³-hybridized carbons (Fsp3) is 0.308. The zero-order valence-electron chi connectivity index (χ0n) is 10.4. The summed E-state index contributed by atoms with van der Waals surface area (Å²) in [6, 6.07) is 3.93. The molecule has 4 nitrogen and oxygen atoms in total. The van der Waals surface area contributed by atoms with Gasteiger partial charge in [-0.25, -0.2) is 8.78 Å². The van der Waals surface area contributed by atoms with Crippen LogP contribution in [0.2, 0.25) is 0 Å². The molecule has 0 saturated carbocycles. The largest absolute Gasteiger partial charge is 0.487 e. The second-order valence-corrected chi connectivity index (χ2v) is 4.09. The zero-order chi connectivity index (χ0) is 13.8. The summed E-state index contributed by atoms with van der Waals surface area (Å²) in [5.41, 5.74) is 1.08. The second kappa shape index (κ2) is 5.79. The van der Waals surface area contributed by atoms with E-state index >= 15 is 0 Å². The molecule has 0 saturated heterocycles. The molecule has 0 radical (unpaired) electrons. The lowest BCUT2D eigenvalue weighted by Gasteiger charge is -2.09. The Morgan fingerprint density at radius 1 is 1.32 bits per heavy atom. The number of hydrogen-bond donors (Lipinski definition) is 1. The second-order valence-electron chi connectivity index (χ2n) is 4.09. The van der Waals surface area contributed by atoms with Crippen LogP contribution in [0, 0.1) is 11.6 Å². The van der Waals surface area contributed by atoms with Crippen LogP contribution >= 0.6 is 0 Å². The molecule has 1 heterocycles. The Bertz CT molecular complexity index is 547. The first kappa shape index (κ1) is 13.5. The maximum Gasteiger partial charge on any atom is 0.190 e. The molecule has 0 spiro atoms. The van der Waals surface area contributed by atoms with Crippen LogP contribution in [0.5, 0.6) is 5.75 Å². The molecule has 6 heteroatoms. The van der Waals surface area contributed by atoms with Crippen LogP contribution in [0.3, 0.4) is 0 Å². The molecule has 1 aromatic carbocycles. The molecular weight excluding hydrogens is 254 g/mol. The highest BCUT2D eigenvalue weighted by Crippen LogP contribution is 2.23. The summed E-state index contributed by atoms with van der Waals surface area (Å²) in [5, 5.41) is 12.8. The summed E-state index contributed by atoms with van der Waals surface area (Å²) in [7, 11) is 1.78. The minimum atomic E-state index is -0.811. The number of aliphatic hydroxyl groups excluding tert-OH is 1. The number of hydrogen-bond acceptors (Lipinski definition) is 3. The van der Waals surface area contributed by atoms with Crippen molar-refractivity contribution in [3.05, 3.63) is 47.3 Å². The standard InChI is InChI=1S/C13H14F2N2O2/c1-17-10(2-4-16-17)3-5-19-13-11(14)6-9(8-18)7-12(13)15/h2,4,6-7,18H,3,5,8H2,1H3. The van der Waals surface area contributed by atoms with Crippen molar-refractivity contribution in [2.45, 2.75) is 13.0 Å². The van der Waals surface area contributed by atoms with Crippen molar-refractivity contribution in [1.29, 1.82) is 0 Å². The molecule has 0 aliphatic rings. The maximum atomic E-state index is 13.5. The Morgan fingerprint density at radius 3 is 2.53 bits per heavy atom. The molecule has 0 bridgehead atoms. The number of ether oxygens (including phenoxy) is 1. The van der Waals surface area contributed by atoms with Gasteiger partial charge in [-0.1, -0.05) is 0 Å². The van der Waals surface area contributed by atoms with Crippen molar-refractivity contribution in [2.75, 3.05) is 6.61 Å². The molecule has 0 amide bonds. The number of aromatic nitrogens is 2. The number of aliphatic hydroxyl groups is 1. The van der Waals surface area contributed by atoms with Crippen molar-refractivity contribution in [3.8, 4) is 5.75 Å². The van der Waals surface area contributed by atoms with Crippen LogP contribution in [0.15, 0.2) is 24.4 Å². The Labute approximate surface area is 109 Å². The van der Waals surface area contributed by atoms with Crippen LogP contribution in [0.4, 0.5) is 8.78 Å². The minimum absolute atomic E-state index is 0.145. The van der Waals surface area contributed by atoms with E-state index in [9.17, 15) is 8.78 Å². The van der Waals surface area contributed by atoms with Crippen molar-refractivity contribution in [2.24, 2.45) is 7.05 Å². The van der Waals surface area contributed by atoms with Gasteiger partial charge in [0.25, 0.3) is 0 Å². The predicted molar refractivity (Wildman–Crippen MR) is 64.7 cm³/mol. The highest BCUT2D eigenvalue weighted by Gasteiger charge is 2.12. The number of rotatable bonds is 5. The average Bonchev–Trinajstić information content (AvgIpc) is 2.78. The van der Waals surface area contributed by atoms with Gasteiger partial charge < -0.3 is 9.84 Å². The van der Waals surface area contributed by atoms with Gasteiger partial charge in [-0.05, 0) is 23.8 Å². The molecule has 2 rings (SSSR count). The molecule has 0 aliphatic heterocycles. The highest BCUT2D eigenvalue weighted by molar-refractivity contribution is 5.31. The van der Waals surface area contributed by atoms with E-state index in [1.807, 2.05) is 6.07 Å². The normalized spacial score (nSPS) is 10.7. The molecule has 0 aliphatic carbocycles. The van der Waals surface area contributed by atoms with Crippen molar-refractivity contribution in [3.63, 3.8) is 0 Å². The molecular formula is C13H14F2N2O2. The quantitative estimate of drug-likeness (QED) is 0.899. The maximum absolute atomic E-state index is 13.5. The van der Waals surface area contributed by atoms with Crippen LogP contribution in [-0.2, 0) is 20.1 Å². The third-order valence-corrected chi connectivity index (χ3v) is 2.77. The van der Waals surface area contributed by atoms with Gasteiger partial charge in [0.05, 0.1) is 13.2 Å². The van der Waals surface area contributed by atoms with Crippen LogP contribution in [0.25, 0.3) is 0 Å². The number of nitrogens with zero attached hydrogens (tertiary/aromatic N) is 2. The Kier molecular flexibility index (Phi) is 4.11. The van der Waals surface area contributed by atoms with Gasteiger partial charge >= 0.3 is 0 Å². The molecule has 0 fully saturated rings. The van der Waals surface area contributed by atoms with E-state index in [4.69, 9.17) is 9.84 Å². The highest BCUT2D eigenvalue weighted by atomic mass is 19.1. The molecule has 1 N–H and O–H groups in total. The third-order valence-electron chi connectivity index (χ3n) is 2.77. The van der Waals surface area contributed by atoms with Gasteiger partial charge in [0.1, 0.15) is 0 Å². The van der Waals surface area contributed by atoms with Crippen molar-refractivity contribution in [1.82, 2.24) is 9.78 Å². The Morgan fingerprint density at radius 2 is 2.00 bits per heavy atom. The van der Waals surface area contributed by atoms with Gasteiger partial charge in [0, 0.05) is 25.4 Å². The van der Waals surface area contributed by atoms with Crippen LogP contribution in [-0.4, -0.2) is 21.5 Å². The average molecular weight is 268 g/mol. The first-order chi connectivity index (χ1) is 9.11. The first-order valence-corrected chi connectivity index (χ1v) is 5.80. The predicted octanol–water partition coefficient (Wildman–Crippen LogP) is 1.81. The monoisotopic (exact) mass is 268 g/mol. The fourth-order valence-electron chi connectivity index (χ4n) is 1.75. The van der Waals surface area contributed by atoms with Crippen LogP contribution in [0.1, 0.15) is 11.3 Å².